The number of amides is 4. The van der Waals surface area contributed by atoms with Gasteiger partial charge in [-0.05, 0) is 36.1 Å². The maximum absolute atomic E-state index is 11.9. The van der Waals surface area contributed by atoms with Crippen LogP contribution < -0.4 is 21.5 Å². The normalized spacial score (nSPS) is 11.2. The molecule has 1 aromatic carbocycles. The molecule has 8 heteroatoms. The third-order valence-corrected chi connectivity index (χ3v) is 3.96. The first-order valence-electron chi connectivity index (χ1n) is 7.23. The summed E-state index contributed by atoms with van der Waals surface area (Å²) in [6.45, 7) is 3.23. The fourth-order valence-electron chi connectivity index (χ4n) is 1.99. The van der Waals surface area contributed by atoms with Gasteiger partial charge in [0.15, 0.2) is 0 Å². The Bertz CT molecular complexity index is 731. The second-order valence-electron chi connectivity index (χ2n) is 5.06. The molecule has 0 aliphatic rings. The second kappa shape index (κ2) is 8.11. The van der Waals surface area contributed by atoms with Crippen LogP contribution in [-0.2, 0) is 4.79 Å². The number of hydrogen-bond acceptors (Lipinski definition) is 4. The molecule has 1 heterocycles. The van der Waals surface area contributed by atoms with Crippen LogP contribution in [0.1, 0.15) is 35.1 Å². The summed E-state index contributed by atoms with van der Waals surface area (Å²) in [5, 5.41) is 7.17. The number of rotatable bonds is 4. The summed E-state index contributed by atoms with van der Waals surface area (Å²) in [5.74, 6) is -0.540. The van der Waals surface area contributed by atoms with E-state index in [1.54, 1.807) is 42.6 Å². The van der Waals surface area contributed by atoms with Gasteiger partial charge in [-0.2, -0.15) is 0 Å². The largest absolute Gasteiger partial charge is 0.333 e. The summed E-state index contributed by atoms with van der Waals surface area (Å²) in [6.07, 6.45) is 0. The van der Waals surface area contributed by atoms with Crippen LogP contribution in [0.2, 0.25) is 0 Å². The Hall–Kier alpha value is -2.87. The van der Waals surface area contributed by atoms with E-state index < -0.39 is 6.03 Å². The van der Waals surface area contributed by atoms with Crippen molar-refractivity contribution in [1.82, 2.24) is 16.2 Å². The zero-order valence-corrected chi connectivity index (χ0v) is 14.1. The number of hydrazine groups is 1. The van der Waals surface area contributed by atoms with Crippen molar-refractivity contribution in [1.29, 1.82) is 0 Å². The van der Waals surface area contributed by atoms with Crippen LogP contribution in [0, 0.1) is 0 Å². The van der Waals surface area contributed by atoms with Gasteiger partial charge in [0.25, 0.3) is 5.91 Å². The fourth-order valence-corrected chi connectivity index (χ4v) is 2.61. The van der Waals surface area contributed by atoms with E-state index in [2.05, 4.69) is 21.5 Å². The van der Waals surface area contributed by atoms with Gasteiger partial charge >= 0.3 is 6.03 Å². The first-order chi connectivity index (χ1) is 11.5. The average Bonchev–Trinajstić information content (AvgIpc) is 3.06. The molecule has 0 aliphatic heterocycles. The molecule has 0 saturated heterocycles. The smallest absolute Gasteiger partial charge is 0.330 e. The van der Waals surface area contributed by atoms with Crippen molar-refractivity contribution < 1.29 is 14.4 Å². The first-order valence-corrected chi connectivity index (χ1v) is 8.11. The summed E-state index contributed by atoms with van der Waals surface area (Å²) in [7, 11) is 0. The Morgan fingerprint density at radius 1 is 1.08 bits per heavy atom. The van der Waals surface area contributed by atoms with Crippen LogP contribution in [-0.4, -0.2) is 17.8 Å². The molecule has 0 radical (unpaired) electrons. The Morgan fingerprint density at radius 3 is 2.54 bits per heavy atom. The molecule has 0 spiro atoms. The third kappa shape index (κ3) is 5.10. The van der Waals surface area contributed by atoms with E-state index >= 15 is 0 Å². The lowest BCUT2D eigenvalue weighted by Gasteiger charge is -2.16. The monoisotopic (exact) mass is 346 g/mol. The van der Waals surface area contributed by atoms with Crippen LogP contribution >= 0.6 is 11.3 Å². The number of carbonyl (C=O) groups excluding carboxylic acids is 3. The predicted molar refractivity (Wildman–Crippen MR) is 92.6 cm³/mol. The van der Waals surface area contributed by atoms with Crippen LogP contribution in [0.4, 0.5) is 10.5 Å². The lowest BCUT2D eigenvalue weighted by Crippen LogP contribution is -2.47. The molecule has 7 nitrogen and oxygen atoms in total. The fraction of sp³-hybridized carbons (Fsp3) is 0.188. The van der Waals surface area contributed by atoms with Crippen molar-refractivity contribution in [2.24, 2.45) is 0 Å². The number of thiophene rings is 1. The van der Waals surface area contributed by atoms with Gasteiger partial charge in [0.2, 0.25) is 5.91 Å². The summed E-state index contributed by atoms with van der Waals surface area (Å²) in [6, 6.07) is 9.74. The lowest BCUT2D eigenvalue weighted by atomic mass is 10.1. The van der Waals surface area contributed by atoms with E-state index in [1.165, 1.54) is 18.3 Å². The number of urea groups is 1. The summed E-state index contributed by atoms with van der Waals surface area (Å²) in [5.41, 5.74) is 6.11. The van der Waals surface area contributed by atoms with Gasteiger partial charge in [-0.15, -0.1) is 11.3 Å². The summed E-state index contributed by atoms with van der Waals surface area (Å²) in [4.78, 5) is 35.2. The first kappa shape index (κ1) is 17.5. The Balaban J connectivity index is 1.87. The zero-order chi connectivity index (χ0) is 17.5. The van der Waals surface area contributed by atoms with Crippen molar-refractivity contribution >= 4 is 34.9 Å². The summed E-state index contributed by atoms with van der Waals surface area (Å²) < 4.78 is 0. The maximum Gasteiger partial charge on any atom is 0.333 e. The van der Waals surface area contributed by atoms with E-state index in [9.17, 15) is 14.4 Å². The van der Waals surface area contributed by atoms with Gasteiger partial charge in [-0.1, -0.05) is 18.2 Å². The molecule has 24 heavy (non-hydrogen) atoms. The molecular weight excluding hydrogens is 328 g/mol. The van der Waals surface area contributed by atoms with Crippen LogP contribution in [0.5, 0.6) is 0 Å². The van der Waals surface area contributed by atoms with Crippen LogP contribution in [0.15, 0.2) is 41.8 Å². The van der Waals surface area contributed by atoms with Crippen molar-refractivity contribution in [2.75, 3.05) is 5.32 Å². The number of nitrogens with one attached hydrogen (secondary N) is 4. The van der Waals surface area contributed by atoms with Crippen molar-refractivity contribution in [3.05, 3.63) is 52.2 Å². The second-order valence-corrected chi connectivity index (χ2v) is 6.01. The molecule has 2 aromatic rings. The molecule has 126 valence electrons. The maximum atomic E-state index is 11.9. The van der Waals surface area contributed by atoms with E-state index in [0.717, 1.165) is 5.56 Å². The molecule has 4 amide bonds. The van der Waals surface area contributed by atoms with E-state index in [4.69, 9.17) is 0 Å². The van der Waals surface area contributed by atoms with Gasteiger partial charge < -0.3 is 10.6 Å². The number of hydrogen-bond donors (Lipinski definition) is 4. The van der Waals surface area contributed by atoms with Gasteiger partial charge in [-0.3, -0.25) is 15.0 Å². The Morgan fingerprint density at radius 2 is 1.88 bits per heavy atom. The highest BCUT2D eigenvalue weighted by atomic mass is 32.1. The topological polar surface area (TPSA) is 99.3 Å². The SMILES string of the molecule is CC(=O)Nc1cccc([C@H](C)NC(=O)NNC(=O)c2cccs2)c1. The average molecular weight is 346 g/mol. The molecular formula is C16H18N4O3S. The minimum Gasteiger partial charge on any atom is -0.330 e. The van der Waals surface area contributed by atoms with Gasteiger partial charge in [0.05, 0.1) is 10.9 Å². The highest BCUT2D eigenvalue weighted by molar-refractivity contribution is 7.12. The minimum absolute atomic E-state index is 0.165. The van der Waals surface area contributed by atoms with Crippen molar-refractivity contribution in [3.8, 4) is 0 Å². The van der Waals surface area contributed by atoms with Gasteiger partial charge in [-0.25, -0.2) is 10.2 Å². The molecule has 1 aromatic heterocycles. The molecule has 4 N–H and O–H groups in total. The van der Waals surface area contributed by atoms with Crippen molar-refractivity contribution in [3.63, 3.8) is 0 Å². The molecule has 0 unspecified atom stereocenters. The number of carbonyl (C=O) groups is 3. The standard InChI is InChI=1S/C16H18N4O3S/c1-10(12-5-3-6-13(9-12)18-11(2)21)17-16(23)20-19-15(22)14-7-4-8-24-14/h3-10H,1-2H3,(H,18,21)(H,19,22)(H2,17,20,23)/t10-/m0/s1. The van der Waals surface area contributed by atoms with Gasteiger partial charge in [0, 0.05) is 12.6 Å². The molecule has 1 atom stereocenters. The van der Waals surface area contributed by atoms with Gasteiger partial charge in [0.1, 0.15) is 0 Å². The van der Waals surface area contributed by atoms with Crippen LogP contribution in [0.3, 0.4) is 0 Å². The minimum atomic E-state index is -0.530. The van der Waals surface area contributed by atoms with Crippen LogP contribution in [0.25, 0.3) is 0 Å². The third-order valence-electron chi connectivity index (χ3n) is 3.09. The molecule has 0 saturated carbocycles. The molecule has 0 bridgehead atoms. The lowest BCUT2D eigenvalue weighted by molar-refractivity contribution is -0.114. The molecule has 2 rings (SSSR count). The van der Waals surface area contributed by atoms with E-state index in [1.807, 2.05) is 6.07 Å². The highest BCUT2D eigenvalue weighted by Gasteiger charge is 2.12. The van der Waals surface area contributed by atoms with E-state index in [-0.39, 0.29) is 17.9 Å². The molecule has 0 aliphatic carbocycles. The quantitative estimate of drug-likeness (QED) is 0.640. The highest BCUT2D eigenvalue weighted by Crippen LogP contribution is 2.17. The predicted octanol–water partition coefficient (Wildman–Crippen LogP) is 2.41. The zero-order valence-electron chi connectivity index (χ0n) is 13.3. The number of benzene rings is 1. The van der Waals surface area contributed by atoms with Crippen molar-refractivity contribution in [2.45, 2.75) is 19.9 Å². The Labute approximate surface area is 143 Å². The number of anilines is 1. The molecule has 0 fully saturated rings. The summed E-state index contributed by atoms with van der Waals surface area (Å²) >= 11 is 1.28. The van der Waals surface area contributed by atoms with E-state index in [0.29, 0.717) is 10.6 Å². The Kier molecular flexibility index (Phi) is 5.91.